The first-order valence-corrected chi connectivity index (χ1v) is 7.75. The standard InChI is InChI=1S/C14H28N2S/c1-15(2)10-13-4-8-16(9-5-13)11-14(12-17)6-3-7-14/h13,17H,3-12H2,1-2H3. The highest BCUT2D eigenvalue weighted by Crippen LogP contribution is 2.42. The Hall–Kier alpha value is 0.270. The average molecular weight is 256 g/mol. The van der Waals surface area contributed by atoms with E-state index in [4.69, 9.17) is 0 Å². The van der Waals surface area contributed by atoms with Gasteiger partial charge in [0.05, 0.1) is 0 Å². The molecule has 0 aromatic rings. The van der Waals surface area contributed by atoms with Crippen LogP contribution >= 0.6 is 12.6 Å². The van der Waals surface area contributed by atoms with Gasteiger partial charge < -0.3 is 9.80 Å². The van der Waals surface area contributed by atoms with Crippen LogP contribution in [0.3, 0.4) is 0 Å². The van der Waals surface area contributed by atoms with Crippen LogP contribution in [-0.4, -0.2) is 55.8 Å². The van der Waals surface area contributed by atoms with E-state index in [0.717, 1.165) is 11.7 Å². The highest BCUT2D eigenvalue weighted by atomic mass is 32.1. The zero-order chi connectivity index (χ0) is 12.3. The summed E-state index contributed by atoms with van der Waals surface area (Å²) in [6, 6.07) is 0. The predicted octanol–water partition coefficient (Wildman–Crippen LogP) is 2.36. The van der Waals surface area contributed by atoms with E-state index in [1.54, 1.807) is 0 Å². The highest BCUT2D eigenvalue weighted by Gasteiger charge is 2.37. The molecule has 0 bridgehead atoms. The molecule has 0 aromatic carbocycles. The van der Waals surface area contributed by atoms with Gasteiger partial charge in [0.25, 0.3) is 0 Å². The maximum absolute atomic E-state index is 4.56. The van der Waals surface area contributed by atoms with Crippen molar-refractivity contribution in [2.45, 2.75) is 32.1 Å². The molecule has 1 saturated heterocycles. The molecule has 1 aliphatic carbocycles. The fourth-order valence-electron chi connectivity index (χ4n) is 3.36. The molecule has 0 aromatic heterocycles. The lowest BCUT2D eigenvalue weighted by Gasteiger charge is -2.46. The summed E-state index contributed by atoms with van der Waals surface area (Å²) in [6.07, 6.45) is 7.03. The van der Waals surface area contributed by atoms with Gasteiger partial charge in [0.2, 0.25) is 0 Å². The van der Waals surface area contributed by atoms with Crippen molar-refractivity contribution >= 4 is 12.6 Å². The minimum Gasteiger partial charge on any atom is -0.309 e. The molecule has 2 nitrogen and oxygen atoms in total. The summed E-state index contributed by atoms with van der Waals surface area (Å²) >= 11 is 4.56. The van der Waals surface area contributed by atoms with E-state index in [0.29, 0.717) is 5.41 Å². The quantitative estimate of drug-likeness (QED) is 0.755. The molecule has 0 radical (unpaired) electrons. The van der Waals surface area contributed by atoms with Gasteiger partial charge in [-0.15, -0.1) is 0 Å². The van der Waals surface area contributed by atoms with Crippen molar-refractivity contribution in [3.63, 3.8) is 0 Å². The molecule has 100 valence electrons. The Balaban J connectivity index is 1.72. The summed E-state index contributed by atoms with van der Waals surface area (Å²) in [7, 11) is 4.38. The lowest BCUT2D eigenvalue weighted by molar-refractivity contribution is 0.0642. The van der Waals surface area contributed by atoms with Crippen molar-refractivity contribution in [1.82, 2.24) is 9.80 Å². The van der Waals surface area contributed by atoms with Crippen LogP contribution in [0, 0.1) is 11.3 Å². The summed E-state index contributed by atoms with van der Waals surface area (Å²) in [6.45, 7) is 5.21. The van der Waals surface area contributed by atoms with Gasteiger partial charge in [0, 0.05) is 13.1 Å². The number of hydrogen-bond donors (Lipinski definition) is 1. The van der Waals surface area contributed by atoms with Crippen molar-refractivity contribution < 1.29 is 0 Å². The minimum absolute atomic E-state index is 0.581. The van der Waals surface area contributed by atoms with Crippen LogP contribution < -0.4 is 0 Å². The number of thiol groups is 1. The summed E-state index contributed by atoms with van der Waals surface area (Å²) in [5, 5.41) is 0. The Bertz CT molecular complexity index is 225. The summed E-state index contributed by atoms with van der Waals surface area (Å²) < 4.78 is 0. The normalized spacial score (nSPS) is 26.1. The SMILES string of the molecule is CN(C)CC1CCN(CC2(CS)CCC2)CC1. The Morgan fingerprint density at radius 2 is 1.88 bits per heavy atom. The molecule has 0 unspecified atom stereocenters. The van der Waals surface area contributed by atoms with Crippen LogP contribution in [0.25, 0.3) is 0 Å². The van der Waals surface area contributed by atoms with E-state index in [2.05, 4.69) is 36.5 Å². The third-order valence-corrected chi connectivity index (χ3v) is 5.31. The second-order valence-electron chi connectivity index (χ2n) is 6.49. The Kier molecular flexibility index (Phi) is 4.79. The molecule has 2 aliphatic rings. The van der Waals surface area contributed by atoms with E-state index < -0.39 is 0 Å². The number of hydrogen-bond acceptors (Lipinski definition) is 3. The molecule has 2 fully saturated rings. The zero-order valence-corrected chi connectivity index (χ0v) is 12.4. The molecule has 0 spiro atoms. The molecule has 1 saturated carbocycles. The van der Waals surface area contributed by atoms with E-state index >= 15 is 0 Å². The van der Waals surface area contributed by atoms with Crippen molar-refractivity contribution in [2.24, 2.45) is 11.3 Å². The molecular formula is C14H28N2S. The third-order valence-electron chi connectivity index (χ3n) is 4.64. The van der Waals surface area contributed by atoms with Gasteiger partial charge in [-0.1, -0.05) is 6.42 Å². The van der Waals surface area contributed by atoms with Gasteiger partial charge in [-0.05, 0) is 70.0 Å². The number of likely N-dealkylation sites (tertiary alicyclic amines) is 1. The lowest BCUT2D eigenvalue weighted by Crippen LogP contribution is -2.47. The van der Waals surface area contributed by atoms with E-state index in [9.17, 15) is 0 Å². The first-order chi connectivity index (χ1) is 8.13. The maximum Gasteiger partial charge on any atom is 0.00458 e. The second kappa shape index (κ2) is 5.94. The molecule has 17 heavy (non-hydrogen) atoms. The number of nitrogens with zero attached hydrogens (tertiary/aromatic N) is 2. The summed E-state index contributed by atoms with van der Waals surface area (Å²) in [5.41, 5.74) is 0.581. The van der Waals surface area contributed by atoms with Crippen LogP contribution in [0.15, 0.2) is 0 Å². The van der Waals surface area contributed by atoms with Crippen LogP contribution in [0.5, 0.6) is 0 Å². The molecule has 1 heterocycles. The van der Waals surface area contributed by atoms with Gasteiger partial charge in [-0.3, -0.25) is 0 Å². The Morgan fingerprint density at radius 3 is 2.29 bits per heavy atom. The molecule has 2 rings (SSSR count). The first kappa shape index (κ1) is 13.7. The van der Waals surface area contributed by atoms with Gasteiger partial charge in [0.1, 0.15) is 0 Å². The molecule has 1 aliphatic heterocycles. The van der Waals surface area contributed by atoms with E-state index in [-0.39, 0.29) is 0 Å². The van der Waals surface area contributed by atoms with Crippen LogP contribution in [0.2, 0.25) is 0 Å². The Morgan fingerprint density at radius 1 is 1.24 bits per heavy atom. The van der Waals surface area contributed by atoms with Crippen LogP contribution in [-0.2, 0) is 0 Å². The largest absolute Gasteiger partial charge is 0.309 e. The van der Waals surface area contributed by atoms with Crippen molar-refractivity contribution in [3.05, 3.63) is 0 Å². The summed E-state index contributed by atoms with van der Waals surface area (Å²) in [4.78, 5) is 5.03. The smallest absolute Gasteiger partial charge is 0.00458 e. The maximum atomic E-state index is 4.56. The summed E-state index contributed by atoms with van der Waals surface area (Å²) in [5.74, 6) is 2.01. The van der Waals surface area contributed by atoms with Gasteiger partial charge in [0.15, 0.2) is 0 Å². The molecule has 0 amide bonds. The first-order valence-electron chi connectivity index (χ1n) is 7.11. The number of rotatable bonds is 5. The molecule has 0 atom stereocenters. The fraction of sp³-hybridized carbons (Fsp3) is 1.00. The molecule has 0 N–H and O–H groups in total. The van der Waals surface area contributed by atoms with Gasteiger partial charge >= 0.3 is 0 Å². The van der Waals surface area contributed by atoms with E-state index in [1.165, 1.54) is 58.3 Å². The monoisotopic (exact) mass is 256 g/mol. The van der Waals surface area contributed by atoms with Crippen molar-refractivity contribution in [1.29, 1.82) is 0 Å². The van der Waals surface area contributed by atoms with E-state index in [1.807, 2.05) is 0 Å². The second-order valence-corrected chi connectivity index (χ2v) is 6.81. The third kappa shape index (κ3) is 3.62. The topological polar surface area (TPSA) is 6.48 Å². The lowest BCUT2D eigenvalue weighted by atomic mass is 9.69. The van der Waals surface area contributed by atoms with Crippen molar-refractivity contribution in [2.75, 3.05) is 46.0 Å². The number of piperidine rings is 1. The highest BCUT2D eigenvalue weighted by molar-refractivity contribution is 7.80. The van der Waals surface area contributed by atoms with Gasteiger partial charge in [-0.25, -0.2) is 0 Å². The zero-order valence-electron chi connectivity index (χ0n) is 11.5. The van der Waals surface area contributed by atoms with Gasteiger partial charge in [-0.2, -0.15) is 12.6 Å². The molecular weight excluding hydrogens is 228 g/mol. The average Bonchev–Trinajstić information content (AvgIpc) is 2.25. The van der Waals surface area contributed by atoms with Crippen molar-refractivity contribution in [3.8, 4) is 0 Å². The predicted molar refractivity (Wildman–Crippen MR) is 77.9 cm³/mol. The van der Waals surface area contributed by atoms with Crippen LogP contribution in [0.4, 0.5) is 0 Å². The fourth-order valence-corrected chi connectivity index (χ4v) is 3.78. The van der Waals surface area contributed by atoms with Crippen LogP contribution in [0.1, 0.15) is 32.1 Å². The Labute approximate surface area is 112 Å². The molecule has 3 heteroatoms. The minimum atomic E-state index is 0.581.